The molecule has 1 heterocycles. The summed E-state index contributed by atoms with van der Waals surface area (Å²) >= 11 is 0. The number of piperazine rings is 1. The first-order valence-corrected chi connectivity index (χ1v) is 10.5. The lowest BCUT2D eigenvalue weighted by molar-refractivity contribution is -0.145. The first kappa shape index (κ1) is 20.4. The monoisotopic (exact) mass is 408 g/mol. The number of hydrogen-bond acceptors (Lipinski definition) is 4. The third-order valence-corrected chi connectivity index (χ3v) is 6.19. The average molecular weight is 408 g/mol. The number of rotatable bonds is 5. The summed E-state index contributed by atoms with van der Waals surface area (Å²) < 4.78 is 5.72. The van der Waals surface area contributed by atoms with E-state index in [9.17, 15) is 14.7 Å². The highest BCUT2D eigenvalue weighted by Gasteiger charge is 2.34. The van der Waals surface area contributed by atoms with Crippen LogP contribution < -0.4 is 0 Å². The largest absolute Gasteiger partial charge is 0.480 e. The van der Waals surface area contributed by atoms with Gasteiger partial charge in [-0.05, 0) is 28.2 Å². The Labute approximate surface area is 177 Å². The molecule has 1 saturated heterocycles. The van der Waals surface area contributed by atoms with Gasteiger partial charge in [0.1, 0.15) is 12.6 Å². The van der Waals surface area contributed by atoms with E-state index in [0.29, 0.717) is 32.8 Å². The van der Waals surface area contributed by atoms with E-state index in [4.69, 9.17) is 4.74 Å². The van der Waals surface area contributed by atoms with E-state index in [1.807, 2.05) is 43.0 Å². The Kier molecular flexibility index (Phi) is 5.77. The second kappa shape index (κ2) is 8.48. The number of nitrogens with zero attached hydrogens (tertiary/aromatic N) is 2. The average Bonchev–Trinajstić information content (AvgIpc) is 3.06. The van der Waals surface area contributed by atoms with E-state index in [1.54, 1.807) is 4.90 Å². The molecule has 2 aliphatic rings. The zero-order valence-electron chi connectivity index (χ0n) is 17.5. The highest BCUT2D eigenvalue weighted by molar-refractivity contribution is 5.79. The summed E-state index contributed by atoms with van der Waals surface area (Å²) in [5, 5.41) is 9.49. The maximum Gasteiger partial charge on any atom is 0.409 e. The summed E-state index contributed by atoms with van der Waals surface area (Å²) in [5.41, 5.74) is 4.79. The molecular weight excluding hydrogens is 380 g/mol. The third-order valence-electron chi connectivity index (χ3n) is 6.19. The number of carboxylic acids is 1. The number of carbonyl (C=O) groups excluding carboxylic acids is 1. The van der Waals surface area contributed by atoms with Crippen molar-refractivity contribution in [3.8, 4) is 11.1 Å². The van der Waals surface area contributed by atoms with Crippen LogP contribution in [0.5, 0.6) is 0 Å². The fourth-order valence-electron chi connectivity index (χ4n) is 4.73. The molecule has 0 radical (unpaired) electrons. The lowest BCUT2D eigenvalue weighted by Crippen LogP contribution is -2.55. The van der Waals surface area contributed by atoms with Gasteiger partial charge in [0.25, 0.3) is 0 Å². The smallest absolute Gasteiger partial charge is 0.409 e. The topological polar surface area (TPSA) is 70.1 Å². The molecule has 30 heavy (non-hydrogen) atoms. The SMILES string of the molecule is CC(C)[C@@H](C(=O)O)N1CCN(C(=O)OCC2c3ccccc3-c3ccccc32)CC1. The van der Waals surface area contributed by atoms with Crippen LogP contribution in [-0.2, 0) is 9.53 Å². The highest BCUT2D eigenvalue weighted by Crippen LogP contribution is 2.44. The van der Waals surface area contributed by atoms with E-state index in [1.165, 1.54) is 22.3 Å². The lowest BCUT2D eigenvalue weighted by atomic mass is 9.98. The number of ether oxygens (including phenoxy) is 1. The normalized spacial score (nSPS) is 17.5. The number of hydrogen-bond donors (Lipinski definition) is 1. The standard InChI is InChI=1S/C24H28N2O4/c1-16(2)22(23(27)28)25-11-13-26(14-12-25)24(29)30-15-21-19-9-5-3-7-17(19)18-8-4-6-10-20(18)21/h3-10,16,21-22H,11-15H2,1-2H3,(H,27,28)/t22-/m0/s1. The molecule has 4 rings (SSSR count). The van der Waals surface area contributed by atoms with E-state index in [-0.39, 0.29) is 17.9 Å². The molecule has 1 fully saturated rings. The van der Waals surface area contributed by atoms with Gasteiger partial charge in [0.05, 0.1) is 0 Å². The van der Waals surface area contributed by atoms with Gasteiger partial charge in [-0.1, -0.05) is 62.4 Å². The Balaban J connectivity index is 1.38. The summed E-state index contributed by atoms with van der Waals surface area (Å²) in [5.74, 6) is -0.747. The van der Waals surface area contributed by atoms with Gasteiger partial charge in [0.2, 0.25) is 0 Å². The highest BCUT2D eigenvalue weighted by atomic mass is 16.6. The van der Waals surface area contributed by atoms with Gasteiger partial charge in [-0.3, -0.25) is 9.69 Å². The van der Waals surface area contributed by atoms with Gasteiger partial charge in [-0.2, -0.15) is 0 Å². The maximum atomic E-state index is 12.7. The molecule has 1 atom stereocenters. The zero-order chi connectivity index (χ0) is 21.3. The molecule has 1 aliphatic carbocycles. The van der Waals surface area contributed by atoms with E-state index in [0.717, 1.165) is 0 Å². The first-order valence-electron chi connectivity index (χ1n) is 10.5. The van der Waals surface area contributed by atoms with E-state index >= 15 is 0 Å². The minimum Gasteiger partial charge on any atom is -0.480 e. The van der Waals surface area contributed by atoms with Crippen LogP contribution in [-0.4, -0.2) is 65.8 Å². The number of fused-ring (bicyclic) bond motifs is 3. The van der Waals surface area contributed by atoms with Crippen molar-refractivity contribution in [2.45, 2.75) is 25.8 Å². The van der Waals surface area contributed by atoms with Crippen molar-refractivity contribution in [3.05, 3.63) is 59.7 Å². The number of amides is 1. The van der Waals surface area contributed by atoms with Crippen LogP contribution in [0.4, 0.5) is 4.79 Å². The summed E-state index contributed by atoms with van der Waals surface area (Å²) in [4.78, 5) is 27.9. The van der Waals surface area contributed by atoms with Crippen molar-refractivity contribution >= 4 is 12.1 Å². The molecule has 1 aliphatic heterocycles. The Morgan fingerprint density at radius 3 is 2.00 bits per heavy atom. The van der Waals surface area contributed by atoms with Crippen molar-refractivity contribution in [1.82, 2.24) is 9.80 Å². The summed E-state index contributed by atoms with van der Waals surface area (Å²) in [7, 11) is 0. The van der Waals surface area contributed by atoms with Gasteiger partial charge in [0, 0.05) is 32.1 Å². The van der Waals surface area contributed by atoms with Crippen molar-refractivity contribution in [1.29, 1.82) is 0 Å². The molecule has 6 nitrogen and oxygen atoms in total. The Hall–Kier alpha value is -2.86. The van der Waals surface area contributed by atoms with Gasteiger partial charge in [0.15, 0.2) is 0 Å². The number of carboxylic acid groups (broad SMARTS) is 1. The van der Waals surface area contributed by atoms with Crippen LogP contribution in [0.2, 0.25) is 0 Å². The van der Waals surface area contributed by atoms with Gasteiger partial charge < -0.3 is 14.7 Å². The summed E-state index contributed by atoms with van der Waals surface area (Å²) in [6.07, 6.45) is -0.326. The third kappa shape index (κ3) is 3.79. The molecule has 2 aromatic carbocycles. The van der Waals surface area contributed by atoms with Crippen LogP contribution in [0.15, 0.2) is 48.5 Å². The minimum absolute atomic E-state index is 0.0171. The number of benzene rings is 2. The first-order chi connectivity index (χ1) is 14.5. The Morgan fingerprint density at radius 1 is 0.967 bits per heavy atom. The van der Waals surface area contributed by atoms with Gasteiger partial charge >= 0.3 is 12.1 Å². The van der Waals surface area contributed by atoms with Crippen LogP contribution in [0.1, 0.15) is 30.9 Å². The lowest BCUT2D eigenvalue weighted by Gasteiger charge is -2.38. The van der Waals surface area contributed by atoms with Crippen molar-refractivity contribution in [2.75, 3.05) is 32.8 Å². The molecule has 1 N–H and O–H groups in total. The predicted molar refractivity (Wildman–Crippen MR) is 114 cm³/mol. The quantitative estimate of drug-likeness (QED) is 0.818. The molecule has 6 heteroatoms. The molecule has 0 spiro atoms. The van der Waals surface area contributed by atoms with Crippen molar-refractivity contribution < 1.29 is 19.4 Å². The predicted octanol–water partition coefficient (Wildman–Crippen LogP) is 3.66. The molecule has 0 unspecified atom stereocenters. The number of carbonyl (C=O) groups is 2. The Bertz CT molecular complexity index is 889. The van der Waals surface area contributed by atoms with E-state index in [2.05, 4.69) is 24.3 Å². The summed E-state index contributed by atoms with van der Waals surface area (Å²) in [6.45, 7) is 6.17. The Morgan fingerprint density at radius 2 is 1.50 bits per heavy atom. The molecule has 158 valence electrons. The molecule has 0 saturated carbocycles. The van der Waals surface area contributed by atoms with Gasteiger partial charge in [-0.25, -0.2) is 4.79 Å². The molecule has 2 aromatic rings. The number of aliphatic carboxylic acids is 1. The van der Waals surface area contributed by atoms with Gasteiger partial charge in [-0.15, -0.1) is 0 Å². The van der Waals surface area contributed by atoms with E-state index < -0.39 is 12.0 Å². The van der Waals surface area contributed by atoms with Crippen LogP contribution in [0.25, 0.3) is 11.1 Å². The van der Waals surface area contributed by atoms with Crippen molar-refractivity contribution in [3.63, 3.8) is 0 Å². The molecule has 1 amide bonds. The zero-order valence-corrected chi connectivity index (χ0v) is 17.5. The van der Waals surface area contributed by atoms with Crippen molar-refractivity contribution in [2.24, 2.45) is 5.92 Å². The molecule has 0 bridgehead atoms. The minimum atomic E-state index is -0.806. The van der Waals surface area contributed by atoms with Crippen LogP contribution >= 0.6 is 0 Å². The maximum absolute atomic E-state index is 12.7. The van der Waals surface area contributed by atoms with Crippen LogP contribution in [0.3, 0.4) is 0 Å². The molecule has 0 aromatic heterocycles. The fourth-order valence-corrected chi connectivity index (χ4v) is 4.73. The van der Waals surface area contributed by atoms with Crippen LogP contribution in [0, 0.1) is 5.92 Å². The fraction of sp³-hybridized carbons (Fsp3) is 0.417. The summed E-state index contributed by atoms with van der Waals surface area (Å²) in [6, 6.07) is 16.0. The second-order valence-corrected chi connectivity index (χ2v) is 8.35. The molecular formula is C24H28N2O4. The second-order valence-electron chi connectivity index (χ2n) is 8.35.